The van der Waals surface area contributed by atoms with Crippen LogP contribution in [0.4, 0.5) is 0 Å². The maximum atomic E-state index is 11.1. The van der Waals surface area contributed by atoms with Gasteiger partial charge in [-0.05, 0) is 37.1 Å². The van der Waals surface area contributed by atoms with Gasteiger partial charge < -0.3 is 10.6 Å². The maximum Gasteiger partial charge on any atom is 0.191 e. The Bertz CT molecular complexity index is 539. The molecule has 1 aromatic heterocycles. The standard InChI is InChI=1S/C15H27N3O2S2/c1-4-16-15(17-8-6-10-22(3,19)20)18-12-13(2)11-14-7-5-9-21-14/h5,7,9,13H,4,6,8,10-12H2,1-3H3,(H2,16,17,18). The molecule has 7 heteroatoms. The van der Waals surface area contributed by atoms with E-state index in [1.54, 1.807) is 11.3 Å². The smallest absolute Gasteiger partial charge is 0.191 e. The molecule has 1 rings (SSSR count). The first-order chi connectivity index (χ1) is 10.4. The second-order valence-corrected chi connectivity index (χ2v) is 8.81. The van der Waals surface area contributed by atoms with Crippen LogP contribution >= 0.6 is 11.3 Å². The molecule has 0 saturated carbocycles. The van der Waals surface area contributed by atoms with Gasteiger partial charge in [-0.3, -0.25) is 4.99 Å². The van der Waals surface area contributed by atoms with E-state index in [-0.39, 0.29) is 5.75 Å². The highest BCUT2D eigenvalue weighted by atomic mass is 32.2. The van der Waals surface area contributed by atoms with Crippen LogP contribution in [0.5, 0.6) is 0 Å². The Hall–Kier alpha value is -1.08. The summed E-state index contributed by atoms with van der Waals surface area (Å²) in [6.07, 6.45) is 2.89. The van der Waals surface area contributed by atoms with Crippen molar-refractivity contribution < 1.29 is 8.42 Å². The fourth-order valence-corrected chi connectivity index (χ4v) is 3.51. The lowest BCUT2D eigenvalue weighted by atomic mass is 10.1. The first-order valence-electron chi connectivity index (χ1n) is 7.63. The normalized spacial score (nSPS) is 13.9. The Morgan fingerprint density at radius 3 is 2.77 bits per heavy atom. The van der Waals surface area contributed by atoms with Crippen LogP contribution < -0.4 is 10.6 Å². The largest absolute Gasteiger partial charge is 0.357 e. The third-order valence-corrected chi connectivity index (χ3v) is 4.95. The van der Waals surface area contributed by atoms with Gasteiger partial charge in [0.05, 0.1) is 5.75 Å². The van der Waals surface area contributed by atoms with Crippen molar-refractivity contribution in [1.29, 1.82) is 0 Å². The lowest BCUT2D eigenvalue weighted by Crippen LogP contribution is -2.38. The van der Waals surface area contributed by atoms with Crippen molar-refractivity contribution in [1.82, 2.24) is 10.6 Å². The highest BCUT2D eigenvalue weighted by Crippen LogP contribution is 2.14. The van der Waals surface area contributed by atoms with Crippen LogP contribution in [-0.4, -0.2) is 46.0 Å². The van der Waals surface area contributed by atoms with E-state index in [2.05, 4.69) is 40.1 Å². The molecule has 126 valence electrons. The second-order valence-electron chi connectivity index (χ2n) is 5.52. The number of hydrogen-bond donors (Lipinski definition) is 2. The van der Waals surface area contributed by atoms with Gasteiger partial charge in [0.15, 0.2) is 5.96 Å². The van der Waals surface area contributed by atoms with Gasteiger partial charge in [-0.25, -0.2) is 8.42 Å². The highest BCUT2D eigenvalue weighted by Gasteiger charge is 2.06. The maximum absolute atomic E-state index is 11.1. The van der Waals surface area contributed by atoms with E-state index in [9.17, 15) is 8.42 Å². The molecule has 0 aliphatic carbocycles. The number of nitrogens with zero attached hydrogens (tertiary/aromatic N) is 1. The van der Waals surface area contributed by atoms with Gasteiger partial charge in [0, 0.05) is 30.8 Å². The fourth-order valence-electron chi connectivity index (χ4n) is 1.97. The van der Waals surface area contributed by atoms with Crippen molar-refractivity contribution in [3.05, 3.63) is 22.4 Å². The van der Waals surface area contributed by atoms with E-state index < -0.39 is 9.84 Å². The summed E-state index contributed by atoms with van der Waals surface area (Å²) in [6, 6.07) is 4.23. The van der Waals surface area contributed by atoms with E-state index in [1.165, 1.54) is 11.1 Å². The van der Waals surface area contributed by atoms with Crippen molar-refractivity contribution in [2.75, 3.05) is 31.6 Å². The first kappa shape index (κ1) is 19.0. The van der Waals surface area contributed by atoms with Crippen LogP contribution in [0.2, 0.25) is 0 Å². The molecule has 0 aromatic carbocycles. The molecular formula is C15H27N3O2S2. The SMILES string of the molecule is CCNC(=NCC(C)Cc1cccs1)NCCCS(C)(=O)=O. The van der Waals surface area contributed by atoms with Crippen molar-refractivity contribution in [2.24, 2.45) is 10.9 Å². The molecule has 0 saturated heterocycles. The summed E-state index contributed by atoms with van der Waals surface area (Å²) in [6.45, 7) is 6.36. The van der Waals surface area contributed by atoms with Gasteiger partial charge in [0.25, 0.3) is 0 Å². The topological polar surface area (TPSA) is 70.6 Å². The Balaban J connectivity index is 2.37. The van der Waals surface area contributed by atoms with Crippen molar-refractivity contribution in [3.63, 3.8) is 0 Å². The van der Waals surface area contributed by atoms with Crippen molar-refractivity contribution >= 4 is 27.1 Å². The van der Waals surface area contributed by atoms with E-state index in [4.69, 9.17) is 0 Å². The number of nitrogens with one attached hydrogen (secondary N) is 2. The molecule has 0 bridgehead atoms. The van der Waals surface area contributed by atoms with Crippen molar-refractivity contribution in [2.45, 2.75) is 26.7 Å². The summed E-state index contributed by atoms with van der Waals surface area (Å²) in [4.78, 5) is 5.96. The number of hydrogen-bond acceptors (Lipinski definition) is 4. The minimum atomic E-state index is -2.89. The van der Waals surface area contributed by atoms with E-state index in [1.807, 2.05) is 6.92 Å². The monoisotopic (exact) mass is 345 g/mol. The lowest BCUT2D eigenvalue weighted by Gasteiger charge is -2.13. The Morgan fingerprint density at radius 2 is 2.18 bits per heavy atom. The minimum absolute atomic E-state index is 0.203. The minimum Gasteiger partial charge on any atom is -0.357 e. The highest BCUT2D eigenvalue weighted by molar-refractivity contribution is 7.90. The van der Waals surface area contributed by atoms with Crippen LogP contribution in [0.25, 0.3) is 0 Å². The summed E-state index contributed by atoms with van der Waals surface area (Å²) in [5.41, 5.74) is 0. The Morgan fingerprint density at radius 1 is 1.41 bits per heavy atom. The van der Waals surface area contributed by atoms with Gasteiger partial charge in [-0.15, -0.1) is 11.3 Å². The van der Waals surface area contributed by atoms with E-state index in [0.29, 0.717) is 18.9 Å². The van der Waals surface area contributed by atoms with Crippen LogP contribution in [0.3, 0.4) is 0 Å². The molecule has 22 heavy (non-hydrogen) atoms. The third kappa shape index (κ3) is 9.04. The summed E-state index contributed by atoms with van der Waals surface area (Å²) >= 11 is 1.78. The number of sulfone groups is 1. The molecule has 0 fully saturated rings. The van der Waals surface area contributed by atoms with Crippen LogP contribution in [-0.2, 0) is 16.3 Å². The molecular weight excluding hydrogens is 318 g/mol. The second kappa shape index (κ2) is 9.84. The quantitative estimate of drug-likeness (QED) is 0.407. The molecule has 0 spiro atoms. The molecule has 0 amide bonds. The molecule has 1 unspecified atom stereocenters. The molecule has 1 atom stereocenters. The third-order valence-electron chi connectivity index (χ3n) is 3.02. The Labute approximate surface area is 138 Å². The molecule has 1 heterocycles. The predicted molar refractivity (Wildman–Crippen MR) is 95.5 cm³/mol. The summed E-state index contributed by atoms with van der Waals surface area (Å²) in [5, 5.41) is 8.47. The van der Waals surface area contributed by atoms with Crippen molar-refractivity contribution in [3.8, 4) is 0 Å². The van der Waals surface area contributed by atoms with Crippen LogP contribution in [0, 0.1) is 5.92 Å². The number of rotatable bonds is 9. The van der Waals surface area contributed by atoms with E-state index >= 15 is 0 Å². The molecule has 1 aromatic rings. The zero-order valence-electron chi connectivity index (χ0n) is 13.6. The van der Waals surface area contributed by atoms with Gasteiger partial charge in [0.2, 0.25) is 0 Å². The average Bonchev–Trinajstić information content (AvgIpc) is 2.92. The zero-order valence-corrected chi connectivity index (χ0v) is 15.3. The molecule has 2 N–H and O–H groups in total. The summed E-state index contributed by atoms with van der Waals surface area (Å²) in [7, 11) is -2.89. The molecule has 5 nitrogen and oxygen atoms in total. The van der Waals surface area contributed by atoms with Crippen LogP contribution in [0.1, 0.15) is 25.1 Å². The van der Waals surface area contributed by atoms with Gasteiger partial charge in [-0.1, -0.05) is 13.0 Å². The molecule has 0 aliphatic heterocycles. The zero-order chi connectivity index (χ0) is 16.4. The fraction of sp³-hybridized carbons (Fsp3) is 0.667. The number of thiophene rings is 1. The van der Waals surface area contributed by atoms with Crippen LogP contribution in [0.15, 0.2) is 22.5 Å². The first-order valence-corrected chi connectivity index (χ1v) is 10.6. The summed E-state index contributed by atoms with van der Waals surface area (Å²) < 4.78 is 22.2. The average molecular weight is 346 g/mol. The Kier molecular flexibility index (Phi) is 8.48. The van der Waals surface area contributed by atoms with E-state index in [0.717, 1.165) is 25.5 Å². The van der Waals surface area contributed by atoms with Gasteiger partial charge in [0.1, 0.15) is 9.84 Å². The number of guanidine groups is 1. The predicted octanol–water partition coefficient (Wildman–Crippen LogP) is 1.92. The number of aliphatic imine (C=N–C) groups is 1. The lowest BCUT2D eigenvalue weighted by molar-refractivity contribution is 0.593. The van der Waals surface area contributed by atoms with Gasteiger partial charge in [-0.2, -0.15) is 0 Å². The van der Waals surface area contributed by atoms with Gasteiger partial charge >= 0.3 is 0 Å². The molecule has 0 radical (unpaired) electrons. The molecule has 0 aliphatic rings. The summed E-state index contributed by atoms with van der Waals surface area (Å²) in [5.74, 6) is 1.44.